The third-order valence-electron chi connectivity index (χ3n) is 11.8. The lowest BCUT2D eigenvalue weighted by molar-refractivity contribution is -0.186. The standard InChI is InChI=1S/C32H48O8/c1-17(33)40-27(2,3)13-12-23(36)32(9,39)25-21(35)15-29(6)22-11-10-18-19(14-20(34)26(38)28(18,4)5)31(22,8)24(37)16-30(25,29)7/h10,12-13,19-22,25-26,34-35,38-39H,11,14-16H2,1-9H3/b13-12-/t19-,20-,21+,22-,25+,26-,29+,30-,31-,32-/m0/s1. The number of esters is 1. The molecular weight excluding hydrogens is 512 g/mol. The number of carbonyl (C=O) groups is 3. The van der Waals surface area contributed by atoms with Gasteiger partial charge in [0, 0.05) is 30.1 Å². The van der Waals surface area contributed by atoms with E-state index >= 15 is 0 Å². The number of carbonyl (C=O) groups excluding carboxylic acids is 3. The van der Waals surface area contributed by atoms with Crippen LogP contribution in [0, 0.1) is 39.4 Å². The van der Waals surface area contributed by atoms with Gasteiger partial charge in [-0.2, -0.15) is 0 Å². The van der Waals surface area contributed by atoms with Crippen molar-refractivity contribution in [1.29, 1.82) is 0 Å². The first-order valence-electron chi connectivity index (χ1n) is 14.5. The fraction of sp³-hybridized carbons (Fsp3) is 0.781. The topological polar surface area (TPSA) is 141 Å². The van der Waals surface area contributed by atoms with Crippen molar-refractivity contribution in [2.45, 2.75) is 118 Å². The molecule has 0 aromatic heterocycles. The largest absolute Gasteiger partial charge is 0.456 e. The van der Waals surface area contributed by atoms with Crippen molar-refractivity contribution in [1.82, 2.24) is 0 Å². The summed E-state index contributed by atoms with van der Waals surface area (Å²) in [6.07, 6.45) is 3.10. The Morgan fingerprint density at radius 2 is 1.62 bits per heavy atom. The number of allylic oxidation sites excluding steroid dienone is 1. The van der Waals surface area contributed by atoms with Crippen molar-refractivity contribution in [2.75, 3.05) is 0 Å². The molecular formula is C32H48O8. The predicted molar refractivity (Wildman–Crippen MR) is 149 cm³/mol. The van der Waals surface area contributed by atoms with Crippen molar-refractivity contribution >= 4 is 17.5 Å². The van der Waals surface area contributed by atoms with Gasteiger partial charge in [0.1, 0.15) is 17.0 Å². The number of ether oxygens (including phenoxy) is 1. The van der Waals surface area contributed by atoms with E-state index in [9.17, 15) is 34.8 Å². The van der Waals surface area contributed by atoms with E-state index in [0.29, 0.717) is 12.8 Å². The van der Waals surface area contributed by atoms with E-state index in [0.717, 1.165) is 5.57 Å². The molecule has 224 valence electrons. The molecule has 0 aromatic rings. The maximum Gasteiger partial charge on any atom is 0.303 e. The summed E-state index contributed by atoms with van der Waals surface area (Å²) in [6, 6.07) is 0. The minimum atomic E-state index is -1.98. The Labute approximate surface area is 237 Å². The molecule has 4 aliphatic carbocycles. The summed E-state index contributed by atoms with van der Waals surface area (Å²) in [5.74, 6) is -2.48. The van der Waals surface area contributed by atoms with Gasteiger partial charge in [0.2, 0.25) is 0 Å². The lowest BCUT2D eigenvalue weighted by atomic mass is 9.38. The first-order chi connectivity index (χ1) is 18.1. The number of hydrogen-bond acceptors (Lipinski definition) is 8. The van der Waals surface area contributed by atoms with Gasteiger partial charge < -0.3 is 25.2 Å². The average molecular weight is 561 g/mol. The molecule has 0 bridgehead atoms. The van der Waals surface area contributed by atoms with Gasteiger partial charge in [-0.25, -0.2) is 0 Å². The van der Waals surface area contributed by atoms with Crippen LogP contribution in [0.5, 0.6) is 0 Å². The summed E-state index contributed by atoms with van der Waals surface area (Å²) in [7, 11) is 0. The van der Waals surface area contributed by atoms with Crippen LogP contribution >= 0.6 is 0 Å². The highest BCUT2D eigenvalue weighted by molar-refractivity contribution is 5.97. The van der Waals surface area contributed by atoms with Gasteiger partial charge in [-0.15, -0.1) is 0 Å². The van der Waals surface area contributed by atoms with E-state index in [2.05, 4.69) is 13.0 Å². The highest BCUT2D eigenvalue weighted by Crippen LogP contribution is 2.74. The molecule has 0 unspecified atom stereocenters. The molecule has 4 N–H and O–H groups in total. The van der Waals surface area contributed by atoms with Crippen LogP contribution < -0.4 is 0 Å². The summed E-state index contributed by atoms with van der Waals surface area (Å²) >= 11 is 0. The smallest absolute Gasteiger partial charge is 0.303 e. The second-order valence-corrected chi connectivity index (χ2v) is 15.0. The van der Waals surface area contributed by atoms with Crippen molar-refractivity contribution < 1.29 is 39.5 Å². The molecule has 0 spiro atoms. The van der Waals surface area contributed by atoms with Crippen LogP contribution in [0.25, 0.3) is 0 Å². The molecule has 0 radical (unpaired) electrons. The molecule has 8 nitrogen and oxygen atoms in total. The molecule has 10 atom stereocenters. The number of ketones is 2. The van der Waals surface area contributed by atoms with Gasteiger partial charge in [-0.3, -0.25) is 14.4 Å². The second kappa shape index (κ2) is 9.32. The first-order valence-corrected chi connectivity index (χ1v) is 14.5. The van der Waals surface area contributed by atoms with E-state index < -0.39 is 68.8 Å². The molecule has 0 heterocycles. The van der Waals surface area contributed by atoms with Gasteiger partial charge in [-0.1, -0.05) is 46.3 Å². The van der Waals surface area contributed by atoms with Crippen LogP contribution in [0.4, 0.5) is 0 Å². The zero-order valence-corrected chi connectivity index (χ0v) is 25.4. The zero-order chi connectivity index (χ0) is 30.4. The lowest BCUT2D eigenvalue weighted by Gasteiger charge is -2.65. The fourth-order valence-electron chi connectivity index (χ4n) is 9.55. The number of hydrogen-bond donors (Lipinski definition) is 4. The Balaban J connectivity index is 1.74. The highest BCUT2D eigenvalue weighted by atomic mass is 16.6. The van der Waals surface area contributed by atoms with E-state index in [-0.39, 0.29) is 30.5 Å². The number of Topliss-reactive ketones (excluding diaryl/α,β-unsaturated/α-hetero) is 1. The predicted octanol–water partition coefficient (Wildman–Crippen LogP) is 3.29. The molecule has 8 heteroatoms. The summed E-state index contributed by atoms with van der Waals surface area (Å²) in [4.78, 5) is 39.2. The molecule has 3 saturated carbocycles. The highest BCUT2D eigenvalue weighted by Gasteiger charge is 2.74. The molecule has 4 aliphatic rings. The fourth-order valence-corrected chi connectivity index (χ4v) is 9.55. The van der Waals surface area contributed by atoms with Crippen LogP contribution in [0.15, 0.2) is 23.8 Å². The second-order valence-electron chi connectivity index (χ2n) is 15.0. The van der Waals surface area contributed by atoms with Crippen LogP contribution in [-0.4, -0.2) is 67.5 Å². The van der Waals surface area contributed by atoms with E-state index in [4.69, 9.17) is 4.74 Å². The third-order valence-corrected chi connectivity index (χ3v) is 11.8. The monoisotopic (exact) mass is 560 g/mol. The van der Waals surface area contributed by atoms with Gasteiger partial charge in [0.15, 0.2) is 5.78 Å². The number of rotatable bonds is 5. The molecule has 0 saturated heterocycles. The number of aliphatic hydroxyl groups excluding tert-OH is 3. The average Bonchev–Trinajstić information content (AvgIpc) is 3.01. The first kappa shape index (κ1) is 31.1. The Morgan fingerprint density at radius 3 is 2.20 bits per heavy atom. The minimum Gasteiger partial charge on any atom is -0.456 e. The Hall–Kier alpha value is -1.87. The maximum absolute atomic E-state index is 14.3. The van der Waals surface area contributed by atoms with E-state index in [1.807, 2.05) is 27.7 Å². The summed E-state index contributed by atoms with van der Waals surface area (Å²) < 4.78 is 5.23. The van der Waals surface area contributed by atoms with Crippen LogP contribution in [-0.2, 0) is 19.1 Å². The molecule has 0 aliphatic heterocycles. The van der Waals surface area contributed by atoms with Gasteiger partial charge >= 0.3 is 5.97 Å². The van der Waals surface area contributed by atoms with Crippen LogP contribution in [0.3, 0.4) is 0 Å². The SMILES string of the molecule is CC(=O)OC(C)(C)/C=C\C(=O)[C@](C)(O)[C@@H]1[C@H](O)C[C@]2(C)[C@@H]3CC=C4[C@H](C[C@H](O)[C@H](O)C4(C)C)[C@]3(C)C(=O)C[C@@]12C. The van der Waals surface area contributed by atoms with Gasteiger partial charge in [0.05, 0.1) is 18.3 Å². The van der Waals surface area contributed by atoms with E-state index in [1.54, 1.807) is 13.8 Å². The van der Waals surface area contributed by atoms with Gasteiger partial charge in [-0.05, 0) is 74.9 Å². The Morgan fingerprint density at radius 1 is 1.02 bits per heavy atom. The van der Waals surface area contributed by atoms with Crippen molar-refractivity contribution in [3.05, 3.63) is 23.8 Å². The quantitative estimate of drug-likeness (QED) is 0.228. The van der Waals surface area contributed by atoms with Crippen LogP contribution in [0.2, 0.25) is 0 Å². The van der Waals surface area contributed by atoms with E-state index in [1.165, 1.54) is 26.0 Å². The Kier molecular flexibility index (Phi) is 7.24. The maximum atomic E-state index is 14.3. The number of fused-ring (bicyclic) bond motifs is 5. The van der Waals surface area contributed by atoms with Crippen molar-refractivity contribution in [2.24, 2.45) is 39.4 Å². The molecule has 0 aromatic carbocycles. The molecule has 0 amide bonds. The summed E-state index contributed by atoms with van der Waals surface area (Å²) in [5.41, 5.74) is -5.04. The molecule has 4 rings (SSSR count). The Bertz CT molecular complexity index is 1160. The van der Waals surface area contributed by atoms with Crippen molar-refractivity contribution in [3.8, 4) is 0 Å². The van der Waals surface area contributed by atoms with Crippen LogP contribution in [0.1, 0.15) is 88.0 Å². The normalized spacial score (nSPS) is 44.2. The summed E-state index contributed by atoms with van der Waals surface area (Å²) in [6.45, 7) is 15.7. The lowest BCUT2D eigenvalue weighted by Crippen LogP contribution is -2.65. The summed E-state index contributed by atoms with van der Waals surface area (Å²) in [5, 5.41) is 44.9. The van der Waals surface area contributed by atoms with Gasteiger partial charge in [0.25, 0.3) is 0 Å². The number of aliphatic hydroxyl groups is 4. The molecule has 3 fully saturated rings. The molecule has 40 heavy (non-hydrogen) atoms. The third kappa shape index (κ3) is 4.19. The minimum absolute atomic E-state index is 0.00125. The van der Waals surface area contributed by atoms with Crippen molar-refractivity contribution in [3.63, 3.8) is 0 Å². The zero-order valence-electron chi connectivity index (χ0n) is 25.4.